The van der Waals surface area contributed by atoms with Gasteiger partial charge in [-0.05, 0) is 31.5 Å². The van der Waals surface area contributed by atoms with Crippen LogP contribution in [0, 0.1) is 13.8 Å². The van der Waals surface area contributed by atoms with Crippen LogP contribution >= 0.6 is 0 Å². The number of aromatic nitrogens is 2. The number of hydrogen-bond acceptors (Lipinski definition) is 4. The van der Waals surface area contributed by atoms with Crippen molar-refractivity contribution < 1.29 is 9.59 Å². The number of nitrogens with zero attached hydrogens (tertiary/aromatic N) is 2. The van der Waals surface area contributed by atoms with Crippen molar-refractivity contribution in [2.45, 2.75) is 13.8 Å². The highest BCUT2D eigenvalue weighted by Gasteiger charge is 2.26. The van der Waals surface area contributed by atoms with E-state index < -0.39 is 0 Å². The Balaban J connectivity index is 1.97. The Morgan fingerprint density at radius 2 is 1.27 bits per heavy atom. The fraction of sp³-hybridized carbons (Fsp3) is 0.0769. The molecule has 0 saturated heterocycles. The Labute approximate surface area is 175 Å². The van der Waals surface area contributed by atoms with Crippen molar-refractivity contribution in [1.29, 1.82) is 0 Å². The van der Waals surface area contributed by atoms with Gasteiger partial charge in [0.05, 0.1) is 11.3 Å². The molecule has 0 aliphatic heterocycles. The maximum atomic E-state index is 13.5. The molecule has 0 bridgehead atoms. The smallest absolute Gasteiger partial charge is 0.195 e. The van der Waals surface area contributed by atoms with Crippen molar-refractivity contribution in [3.8, 4) is 11.3 Å². The quantitative estimate of drug-likeness (QED) is 0.437. The summed E-state index contributed by atoms with van der Waals surface area (Å²) in [5.74, 6) is -0.306. The van der Waals surface area contributed by atoms with E-state index in [2.05, 4.69) is 4.98 Å². The molecule has 2 aromatic carbocycles. The molecule has 0 N–H and O–H groups in total. The van der Waals surface area contributed by atoms with E-state index >= 15 is 0 Å². The Morgan fingerprint density at radius 3 is 1.80 bits per heavy atom. The van der Waals surface area contributed by atoms with E-state index in [9.17, 15) is 9.59 Å². The van der Waals surface area contributed by atoms with Gasteiger partial charge in [-0.25, -0.2) is 0 Å². The van der Waals surface area contributed by atoms with E-state index in [0.29, 0.717) is 39.2 Å². The van der Waals surface area contributed by atoms with Crippen LogP contribution in [0.4, 0.5) is 0 Å². The second-order valence-corrected chi connectivity index (χ2v) is 7.05. The normalized spacial score (nSPS) is 10.6. The minimum atomic E-state index is -0.165. The largest absolute Gasteiger partial charge is 0.289 e. The first kappa shape index (κ1) is 19.4. The van der Waals surface area contributed by atoms with Gasteiger partial charge in [-0.3, -0.25) is 19.6 Å². The molecule has 0 fully saturated rings. The zero-order valence-corrected chi connectivity index (χ0v) is 16.8. The molecular weight excluding hydrogens is 372 g/mol. The minimum Gasteiger partial charge on any atom is -0.289 e. The molecule has 2 aromatic heterocycles. The molecule has 0 saturated carbocycles. The number of hydrogen-bond donors (Lipinski definition) is 0. The zero-order chi connectivity index (χ0) is 21.1. The van der Waals surface area contributed by atoms with E-state index in [1.54, 1.807) is 43.6 Å². The van der Waals surface area contributed by atoms with E-state index in [-0.39, 0.29) is 11.6 Å². The molecule has 4 rings (SSSR count). The van der Waals surface area contributed by atoms with Crippen LogP contribution in [0.15, 0.2) is 85.2 Å². The lowest BCUT2D eigenvalue weighted by molar-refractivity contribution is 0.103. The minimum absolute atomic E-state index is 0.141. The van der Waals surface area contributed by atoms with Gasteiger partial charge in [0.1, 0.15) is 0 Å². The summed E-state index contributed by atoms with van der Waals surface area (Å²) in [5, 5.41) is 0. The number of carbonyl (C=O) groups excluding carboxylic acids is 2. The van der Waals surface area contributed by atoms with Crippen LogP contribution in [0.1, 0.15) is 43.1 Å². The fourth-order valence-corrected chi connectivity index (χ4v) is 3.65. The maximum Gasteiger partial charge on any atom is 0.195 e. The third kappa shape index (κ3) is 3.55. The summed E-state index contributed by atoms with van der Waals surface area (Å²) in [6.07, 6.45) is 3.36. The van der Waals surface area contributed by atoms with Crippen LogP contribution in [0.2, 0.25) is 0 Å². The summed E-state index contributed by atoms with van der Waals surface area (Å²) in [6, 6.07) is 21.8. The Bertz CT molecular complexity index is 1220. The number of aryl methyl sites for hydroxylation is 1. The predicted molar refractivity (Wildman–Crippen MR) is 117 cm³/mol. The first-order valence-electron chi connectivity index (χ1n) is 9.69. The molecule has 0 spiro atoms. The summed E-state index contributed by atoms with van der Waals surface area (Å²) < 4.78 is 0. The highest BCUT2D eigenvalue weighted by molar-refractivity contribution is 6.17. The lowest BCUT2D eigenvalue weighted by Gasteiger charge is -2.17. The molecule has 30 heavy (non-hydrogen) atoms. The van der Waals surface area contributed by atoms with E-state index in [1.807, 2.05) is 55.5 Å². The standard InChI is InChI=1S/C26H20N2O2/c1-17-22(25(29)19-10-5-3-6-11-19)18(2)28-24(21-14-9-15-27-16-21)23(17)26(30)20-12-7-4-8-13-20/h3-16H,1-2H3. The Kier molecular flexibility index (Phi) is 5.31. The summed E-state index contributed by atoms with van der Waals surface area (Å²) in [5.41, 5.74) is 4.51. The molecule has 4 aromatic rings. The van der Waals surface area contributed by atoms with Gasteiger partial charge >= 0.3 is 0 Å². The van der Waals surface area contributed by atoms with Gasteiger partial charge in [0, 0.05) is 40.3 Å². The molecule has 4 heteroatoms. The first-order valence-corrected chi connectivity index (χ1v) is 9.69. The molecule has 146 valence electrons. The topological polar surface area (TPSA) is 59.9 Å². The lowest BCUT2D eigenvalue weighted by atomic mass is 9.88. The molecular formula is C26H20N2O2. The van der Waals surface area contributed by atoms with Crippen molar-refractivity contribution >= 4 is 11.6 Å². The second kappa shape index (κ2) is 8.21. The molecule has 2 heterocycles. The third-order valence-corrected chi connectivity index (χ3v) is 5.09. The molecule has 0 aliphatic rings. The molecule has 0 aliphatic carbocycles. The van der Waals surface area contributed by atoms with Gasteiger partial charge in [0.2, 0.25) is 0 Å². The van der Waals surface area contributed by atoms with Crippen molar-refractivity contribution in [3.05, 3.63) is 119 Å². The maximum absolute atomic E-state index is 13.5. The number of pyridine rings is 2. The van der Waals surface area contributed by atoms with Gasteiger partial charge in [-0.2, -0.15) is 0 Å². The van der Waals surface area contributed by atoms with Crippen LogP contribution in [-0.4, -0.2) is 21.5 Å². The van der Waals surface area contributed by atoms with Crippen molar-refractivity contribution in [2.24, 2.45) is 0 Å². The molecule has 0 amide bonds. The van der Waals surface area contributed by atoms with Crippen molar-refractivity contribution in [3.63, 3.8) is 0 Å². The fourth-order valence-electron chi connectivity index (χ4n) is 3.65. The highest BCUT2D eigenvalue weighted by Crippen LogP contribution is 2.31. The van der Waals surface area contributed by atoms with Gasteiger partial charge in [0.15, 0.2) is 11.6 Å². The van der Waals surface area contributed by atoms with E-state index in [0.717, 1.165) is 5.56 Å². The van der Waals surface area contributed by atoms with Crippen molar-refractivity contribution in [2.75, 3.05) is 0 Å². The summed E-state index contributed by atoms with van der Waals surface area (Å²) >= 11 is 0. The predicted octanol–water partition coefficient (Wildman–Crippen LogP) is 5.22. The lowest BCUT2D eigenvalue weighted by Crippen LogP contribution is -2.15. The average Bonchev–Trinajstić information content (AvgIpc) is 2.80. The SMILES string of the molecule is Cc1nc(-c2cccnc2)c(C(=O)c2ccccc2)c(C)c1C(=O)c1ccccc1. The average molecular weight is 392 g/mol. The van der Waals surface area contributed by atoms with Crippen LogP contribution in [0.3, 0.4) is 0 Å². The number of rotatable bonds is 5. The first-order chi connectivity index (χ1) is 14.6. The highest BCUT2D eigenvalue weighted by atomic mass is 16.1. The van der Waals surface area contributed by atoms with Gasteiger partial charge in [-0.15, -0.1) is 0 Å². The van der Waals surface area contributed by atoms with Crippen LogP contribution in [-0.2, 0) is 0 Å². The van der Waals surface area contributed by atoms with Crippen LogP contribution < -0.4 is 0 Å². The van der Waals surface area contributed by atoms with Gasteiger partial charge in [0.25, 0.3) is 0 Å². The monoisotopic (exact) mass is 392 g/mol. The van der Waals surface area contributed by atoms with Crippen molar-refractivity contribution in [1.82, 2.24) is 9.97 Å². The summed E-state index contributed by atoms with van der Waals surface area (Å²) in [7, 11) is 0. The van der Waals surface area contributed by atoms with Gasteiger partial charge < -0.3 is 0 Å². The number of carbonyl (C=O) groups is 2. The molecule has 4 nitrogen and oxygen atoms in total. The second-order valence-electron chi connectivity index (χ2n) is 7.05. The zero-order valence-electron chi connectivity index (χ0n) is 16.8. The Morgan fingerprint density at radius 1 is 0.700 bits per heavy atom. The van der Waals surface area contributed by atoms with E-state index in [1.165, 1.54) is 0 Å². The van der Waals surface area contributed by atoms with Gasteiger partial charge in [-0.1, -0.05) is 60.7 Å². The van der Waals surface area contributed by atoms with E-state index in [4.69, 9.17) is 4.98 Å². The Hall–Kier alpha value is -3.92. The van der Waals surface area contributed by atoms with Crippen LogP contribution in [0.25, 0.3) is 11.3 Å². The van der Waals surface area contributed by atoms with Crippen LogP contribution in [0.5, 0.6) is 0 Å². The third-order valence-electron chi connectivity index (χ3n) is 5.09. The summed E-state index contributed by atoms with van der Waals surface area (Å²) in [4.78, 5) is 35.7. The molecule has 0 unspecified atom stereocenters. The summed E-state index contributed by atoms with van der Waals surface area (Å²) in [6.45, 7) is 3.63. The molecule has 0 atom stereocenters. The number of ketones is 2. The number of benzene rings is 2. The molecule has 0 radical (unpaired) electrons.